The molecule has 0 amide bonds. The number of hydrogen-bond donors (Lipinski definition) is 0. The first kappa shape index (κ1) is 11.6. The van der Waals surface area contributed by atoms with Gasteiger partial charge in [-0.1, -0.05) is 62.2 Å². The second-order valence-electron chi connectivity index (χ2n) is 3.49. The zero-order valence-corrected chi connectivity index (χ0v) is 11.5. The van der Waals surface area contributed by atoms with Gasteiger partial charge in [-0.25, -0.2) is 0 Å². The van der Waals surface area contributed by atoms with Crippen LogP contribution in [0.5, 0.6) is 0 Å². The Labute approximate surface area is 106 Å². The maximum atomic E-state index is 5.78. The van der Waals surface area contributed by atoms with E-state index in [1.54, 1.807) is 7.11 Å². The molecule has 0 radical (unpaired) electrons. The van der Waals surface area contributed by atoms with Crippen molar-refractivity contribution in [1.82, 2.24) is 0 Å². The number of halogens is 2. The number of methoxy groups -OCH3 is 1. The molecular weight excluding hydrogens is 324 g/mol. The summed E-state index contributed by atoms with van der Waals surface area (Å²) in [5.74, 6) is -0.742. The fourth-order valence-electron chi connectivity index (χ4n) is 1.87. The van der Waals surface area contributed by atoms with E-state index in [2.05, 4.69) is 31.9 Å². The molecule has 0 saturated carbocycles. The minimum absolute atomic E-state index is 0.358. The molecule has 0 N–H and O–H groups in total. The zero-order valence-electron chi connectivity index (χ0n) is 8.37. The lowest BCUT2D eigenvalue weighted by molar-refractivity contribution is -0.201. The van der Waals surface area contributed by atoms with Crippen molar-refractivity contribution in [1.29, 1.82) is 0 Å². The fourth-order valence-corrected chi connectivity index (χ4v) is 3.21. The fraction of sp³-hybridized carbons (Fsp3) is 0.455. The highest BCUT2D eigenvalue weighted by Gasteiger charge is 2.55. The van der Waals surface area contributed by atoms with E-state index in [9.17, 15) is 0 Å². The second kappa shape index (κ2) is 4.17. The molecular formula is C11H12Br2O2. The molecule has 82 valence electrons. The molecule has 15 heavy (non-hydrogen) atoms. The maximum Gasteiger partial charge on any atom is 0.220 e. The first-order chi connectivity index (χ1) is 7.12. The highest BCUT2D eigenvalue weighted by molar-refractivity contribution is 9.25. The Morgan fingerprint density at radius 3 is 2.40 bits per heavy atom. The lowest BCUT2D eigenvalue weighted by atomic mass is 10.0. The van der Waals surface area contributed by atoms with E-state index in [0.29, 0.717) is 6.61 Å². The van der Waals surface area contributed by atoms with E-state index in [1.807, 2.05) is 30.3 Å². The maximum absolute atomic E-state index is 5.78. The highest BCUT2D eigenvalue weighted by atomic mass is 79.9. The molecule has 1 saturated heterocycles. The Morgan fingerprint density at radius 2 is 1.93 bits per heavy atom. The summed E-state index contributed by atoms with van der Waals surface area (Å²) in [7, 11) is 1.66. The van der Waals surface area contributed by atoms with Gasteiger partial charge in [0.15, 0.2) is 0 Å². The molecule has 4 heteroatoms. The molecule has 1 aromatic rings. The van der Waals surface area contributed by atoms with Crippen molar-refractivity contribution in [2.45, 2.75) is 15.4 Å². The van der Waals surface area contributed by atoms with Gasteiger partial charge in [0.25, 0.3) is 0 Å². The summed E-state index contributed by atoms with van der Waals surface area (Å²) in [4.78, 5) is 0. The Bertz CT molecular complexity index is 340. The van der Waals surface area contributed by atoms with Gasteiger partial charge in [0.1, 0.15) is 3.23 Å². The summed E-state index contributed by atoms with van der Waals surface area (Å²) in [5, 5.41) is 0. The molecule has 1 fully saturated rings. The molecule has 1 unspecified atom stereocenters. The predicted molar refractivity (Wildman–Crippen MR) is 66.3 cm³/mol. The van der Waals surface area contributed by atoms with E-state index in [4.69, 9.17) is 9.47 Å². The topological polar surface area (TPSA) is 18.5 Å². The summed E-state index contributed by atoms with van der Waals surface area (Å²) in [6, 6.07) is 9.95. The van der Waals surface area contributed by atoms with Crippen molar-refractivity contribution in [2.24, 2.45) is 0 Å². The molecule has 1 aliphatic heterocycles. The SMILES string of the molecule is COC1(c2ccccc2)OCCC1(Br)Br. The molecule has 2 nitrogen and oxygen atoms in total. The number of rotatable bonds is 2. The lowest BCUT2D eigenvalue weighted by Crippen LogP contribution is -2.41. The van der Waals surface area contributed by atoms with E-state index in [0.717, 1.165) is 12.0 Å². The van der Waals surface area contributed by atoms with Crippen LogP contribution in [-0.4, -0.2) is 17.0 Å². The van der Waals surface area contributed by atoms with Crippen LogP contribution in [0.4, 0.5) is 0 Å². The van der Waals surface area contributed by atoms with Gasteiger partial charge >= 0.3 is 0 Å². The summed E-state index contributed by atoms with van der Waals surface area (Å²) in [5.41, 5.74) is 1.01. The van der Waals surface area contributed by atoms with Crippen LogP contribution in [0.1, 0.15) is 12.0 Å². The van der Waals surface area contributed by atoms with Crippen LogP contribution in [0.25, 0.3) is 0 Å². The van der Waals surface area contributed by atoms with Gasteiger partial charge < -0.3 is 9.47 Å². The Hall–Kier alpha value is 0.1000. The Kier molecular flexibility index (Phi) is 3.22. The van der Waals surface area contributed by atoms with Crippen molar-refractivity contribution < 1.29 is 9.47 Å². The zero-order chi connectivity index (χ0) is 10.9. The van der Waals surface area contributed by atoms with Gasteiger partial charge in [-0.2, -0.15) is 0 Å². The number of ether oxygens (including phenoxy) is 2. The molecule has 1 atom stereocenters. The molecule has 0 bridgehead atoms. The molecule has 1 aromatic carbocycles. The average Bonchev–Trinajstić information content (AvgIpc) is 2.55. The Morgan fingerprint density at radius 1 is 1.27 bits per heavy atom. The van der Waals surface area contributed by atoms with Gasteiger partial charge in [0, 0.05) is 19.1 Å². The van der Waals surface area contributed by atoms with Crippen molar-refractivity contribution in [3.63, 3.8) is 0 Å². The van der Waals surface area contributed by atoms with E-state index in [1.165, 1.54) is 0 Å². The minimum Gasteiger partial charge on any atom is -0.347 e. The predicted octanol–water partition coefficient (Wildman–Crippen LogP) is 3.39. The normalized spacial score (nSPS) is 29.3. The van der Waals surface area contributed by atoms with Gasteiger partial charge in [0.05, 0.1) is 6.61 Å². The summed E-state index contributed by atoms with van der Waals surface area (Å²) in [6.45, 7) is 0.666. The molecule has 0 spiro atoms. The standard InChI is InChI=1S/C11H12Br2O2/c1-14-11(9-5-3-2-4-6-9)10(12,13)7-8-15-11/h2-6H,7-8H2,1H3. The summed E-state index contributed by atoms with van der Waals surface area (Å²) in [6.07, 6.45) is 0.857. The third-order valence-electron chi connectivity index (χ3n) is 2.64. The van der Waals surface area contributed by atoms with Crippen LogP contribution in [0.15, 0.2) is 30.3 Å². The van der Waals surface area contributed by atoms with Crippen molar-refractivity contribution in [3.8, 4) is 0 Å². The molecule has 2 rings (SSSR count). The van der Waals surface area contributed by atoms with Crippen LogP contribution in [0.3, 0.4) is 0 Å². The van der Waals surface area contributed by atoms with Gasteiger partial charge in [-0.05, 0) is 0 Å². The van der Waals surface area contributed by atoms with Crippen LogP contribution in [0.2, 0.25) is 0 Å². The van der Waals surface area contributed by atoms with Crippen LogP contribution >= 0.6 is 31.9 Å². The Balaban J connectivity index is 2.46. The third kappa shape index (κ3) is 1.78. The lowest BCUT2D eigenvalue weighted by Gasteiger charge is -2.35. The van der Waals surface area contributed by atoms with Crippen LogP contribution in [0, 0.1) is 0 Å². The van der Waals surface area contributed by atoms with Gasteiger partial charge in [-0.15, -0.1) is 0 Å². The van der Waals surface area contributed by atoms with Gasteiger partial charge in [-0.3, -0.25) is 0 Å². The molecule has 1 aliphatic rings. The first-order valence-electron chi connectivity index (χ1n) is 4.75. The smallest absolute Gasteiger partial charge is 0.220 e. The van der Waals surface area contributed by atoms with Crippen LogP contribution in [-0.2, 0) is 15.3 Å². The van der Waals surface area contributed by atoms with E-state index < -0.39 is 5.79 Å². The minimum atomic E-state index is -0.742. The monoisotopic (exact) mass is 334 g/mol. The average molecular weight is 336 g/mol. The first-order valence-corrected chi connectivity index (χ1v) is 6.33. The summed E-state index contributed by atoms with van der Waals surface area (Å²) < 4.78 is 11.0. The highest BCUT2D eigenvalue weighted by Crippen LogP contribution is 2.54. The van der Waals surface area contributed by atoms with E-state index in [-0.39, 0.29) is 3.23 Å². The van der Waals surface area contributed by atoms with E-state index >= 15 is 0 Å². The molecule has 0 aromatic heterocycles. The number of hydrogen-bond acceptors (Lipinski definition) is 2. The number of alkyl halides is 2. The number of benzene rings is 1. The van der Waals surface area contributed by atoms with Crippen molar-refractivity contribution in [3.05, 3.63) is 35.9 Å². The van der Waals surface area contributed by atoms with Crippen molar-refractivity contribution >= 4 is 31.9 Å². The molecule has 0 aliphatic carbocycles. The second-order valence-corrected chi connectivity index (χ2v) is 7.26. The third-order valence-corrected chi connectivity index (χ3v) is 4.48. The van der Waals surface area contributed by atoms with Crippen LogP contribution < -0.4 is 0 Å². The largest absolute Gasteiger partial charge is 0.347 e. The quantitative estimate of drug-likeness (QED) is 0.771. The van der Waals surface area contributed by atoms with Crippen molar-refractivity contribution in [2.75, 3.05) is 13.7 Å². The summed E-state index contributed by atoms with van der Waals surface area (Å²) >= 11 is 7.26. The molecule has 1 heterocycles. The van der Waals surface area contributed by atoms with Gasteiger partial charge in [0.2, 0.25) is 5.79 Å².